The van der Waals surface area contributed by atoms with E-state index in [9.17, 15) is 4.39 Å². The summed E-state index contributed by atoms with van der Waals surface area (Å²) in [7, 11) is 4.29. The van der Waals surface area contributed by atoms with Crippen LogP contribution in [0.4, 0.5) is 21.7 Å². The van der Waals surface area contributed by atoms with Crippen LogP contribution in [-0.2, 0) is 0 Å². The van der Waals surface area contributed by atoms with Crippen LogP contribution in [0.25, 0.3) is 11.3 Å². The number of halogens is 1. The molecule has 0 spiro atoms. The van der Waals surface area contributed by atoms with Gasteiger partial charge in [-0.2, -0.15) is 0 Å². The molecule has 4 heterocycles. The third-order valence-corrected chi connectivity index (χ3v) is 6.70. The zero-order valence-electron chi connectivity index (χ0n) is 19.9. The Balaban J connectivity index is 1.44. The Morgan fingerprint density at radius 2 is 1.79 bits per heavy atom. The largest absolute Gasteiger partial charge is 0.354 e. The van der Waals surface area contributed by atoms with E-state index >= 15 is 0 Å². The minimum absolute atomic E-state index is 0.268. The third kappa shape index (κ3) is 5.34. The Labute approximate surface area is 200 Å². The van der Waals surface area contributed by atoms with E-state index in [1.54, 1.807) is 6.07 Å². The van der Waals surface area contributed by atoms with Crippen molar-refractivity contribution in [1.29, 1.82) is 0 Å². The van der Waals surface area contributed by atoms with Gasteiger partial charge < -0.3 is 20.0 Å². The summed E-state index contributed by atoms with van der Waals surface area (Å²) in [4.78, 5) is 21.5. The fourth-order valence-electron chi connectivity index (χ4n) is 4.71. The molecule has 2 aliphatic rings. The summed E-state index contributed by atoms with van der Waals surface area (Å²) in [6.45, 7) is 6.09. The third-order valence-electron chi connectivity index (χ3n) is 6.70. The molecule has 1 unspecified atom stereocenters. The number of likely N-dealkylation sites (tertiary alicyclic amines) is 1. The Kier molecular flexibility index (Phi) is 6.69. The number of likely N-dealkylation sites (N-methyl/N-ethyl adjacent to an activating group) is 2. The van der Waals surface area contributed by atoms with Gasteiger partial charge in [0.05, 0.1) is 5.69 Å². The number of nitrogens with one attached hydrogen (secondary N) is 1. The van der Waals surface area contributed by atoms with Crippen molar-refractivity contribution in [2.75, 3.05) is 63.6 Å². The van der Waals surface area contributed by atoms with Gasteiger partial charge in [-0.15, -0.1) is 0 Å². The molecule has 178 valence electrons. The number of piperazine rings is 1. The molecule has 2 fully saturated rings. The maximum absolute atomic E-state index is 13.7. The molecule has 2 aliphatic heterocycles. The molecule has 3 aromatic rings. The van der Waals surface area contributed by atoms with Gasteiger partial charge in [0.25, 0.3) is 0 Å². The van der Waals surface area contributed by atoms with Crippen molar-refractivity contribution in [2.45, 2.75) is 18.8 Å². The molecule has 1 aromatic carbocycles. The minimum atomic E-state index is -0.280. The highest BCUT2D eigenvalue weighted by atomic mass is 19.1. The highest BCUT2D eigenvalue weighted by molar-refractivity contribution is 5.66. The zero-order valence-corrected chi connectivity index (χ0v) is 19.9. The maximum Gasteiger partial charge on any atom is 0.135 e. The van der Waals surface area contributed by atoms with Crippen molar-refractivity contribution < 1.29 is 4.39 Å². The van der Waals surface area contributed by atoms with Gasteiger partial charge in [-0.1, -0.05) is 6.07 Å². The number of rotatable bonds is 5. The Hall–Kier alpha value is -3.10. The van der Waals surface area contributed by atoms with Crippen molar-refractivity contribution in [3.8, 4) is 11.3 Å². The lowest BCUT2D eigenvalue weighted by atomic mass is 9.97. The topological polar surface area (TPSA) is 60.4 Å². The number of anilines is 3. The van der Waals surface area contributed by atoms with Crippen molar-refractivity contribution >= 4 is 17.3 Å². The number of benzene rings is 1. The number of hydrogen-bond donors (Lipinski definition) is 1. The monoisotopic (exact) mass is 461 g/mol. The fraction of sp³-hybridized carbons (Fsp3) is 0.423. The summed E-state index contributed by atoms with van der Waals surface area (Å²) < 4.78 is 13.7. The maximum atomic E-state index is 13.7. The molecule has 2 saturated heterocycles. The van der Waals surface area contributed by atoms with Crippen LogP contribution in [0.15, 0.2) is 48.7 Å². The van der Waals surface area contributed by atoms with E-state index in [1.807, 2.05) is 18.3 Å². The van der Waals surface area contributed by atoms with Crippen LogP contribution in [0.1, 0.15) is 24.6 Å². The van der Waals surface area contributed by atoms with Crippen LogP contribution in [0.3, 0.4) is 0 Å². The van der Waals surface area contributed by atoms with Gasteiger partial charge in [0, 0.05) is 62.2 Å². The van der Waals surface area contributed by atoms with E-state index < -0.39 is 0 Å². The van der Waals surface area contributed by atoms with E-state index in [-0.39, 0.29) is 11.7 Å². The average Bonchev–Trinajstić information content (AvgIpc) is 2.84. The number of hydrogen-bond acceptors (Lipinski definition) is 7. The molecule has 0 saturated carbocycles. The first kappa shape index (κ1) is 22.7. The van der Waals surface area contributed by atoms with Crippen molar-refractivity contribution in [3.05, 3.63) is 60.3 Å². The number of piperidine rings is 1. The molecule has 8 heteroatoms. The van der Waals surface area contributed by atoms with Crippen LogP contribution in [0, 0.1) is 5.82 Å². The predicted molar refractivity (Wildman–Crippen MR) is 134 cm³/mol. The summed E-state index contributed by atoms with van der Waals surface area (Å²) in [5, 5.41) is 3.27. The van der Waals surface area contributed by atoms with Gasteiger partial charge in [-0.05, 0) is 63.8 Å². The molecule has 0 radical (unpaired) electrons. The minimum Gasteiger partial charge on any atom is -0.354 e. The van der Waals surface area contributed by atoms with Gasteiger partial charge in [0.1, 0.15) is 23.3 Å². The van der Waals surface area contributed by atoms with Crippen LogP contribution in [0.5, 0.6) is 0 Å². The second-order valence-electron chi connectivity index (χ2n) is 9.43. The van der Waals surface area contributed by atoms with Crippen molar-refractivity contribution in [1.82, 2.24) is 24.8 Å². The van der Waals surface area contributed by atoms with Gasteiger partial charge in [0.15, 0.2) is 0 Å². The average molecular weight is 462 g/mol. The van der Waals surface area contributed by atoms with Gasteiger partial charge in [0.2, 0.25) is 0 Å². The Morgan fingerprint density at radius 1 is 0.941 bits per heavy atom. The normalized spacial score (nSPS) is 19.9. The number of nitrogens with zero attached hydrogens (tertiary/aromatic N) is 6. The molecule has 34 heavy (non-hydrogen) atoms. The van der Waals surface area contributed by atoms with E-state index in [0.717, 1.165) is 75.0 Å². The first-order valence-electron chi connectivity index (χ1n) is 12.0. The van der Waals surface area contributed by atoms with E-state index in [4.69, 9.17) is 15.0 Å². The molecule has 1 atom stereocenters. The lowest BCUT2D eigenvalue weighted by Gasteiger charge is -2.33. The first-order valence-corrected chi connectivity index (χ1v) is 12.0. The smallest absolute Gasteiger partial charge is 0.135 e. The highest BCUT2D eigenvalue weighted by Crippen LogP contribution is 2.29. The lowest BCUT2D eigenvalue weighted by Crippen LogP contribution is -2.44. The molecule has 0 amide bonds. The summed E-state index contributed by atoms with van der Waals surface area (Å²) in [6.07, 6.45) is 4.09. The Bertz CT molecular complexity index is 1110. The van der Waals surface area contributed by atoms with E-state index in [2.05, 4.69) is 46.2 Å². The van der Waals surface area contributed by atoms with Crippen LogP contribution >= 0.6 is 0 Å². The summed E-state index contributed by atoms with van der Waals surface area (Å²) in [5.41, 5.74) is 2.45. The molecule has 7 nitrogen and oxygen atoms in total. The van der Waals surface area contributed by atoms with Crippen LogP contribution in [-0.4, -0.2) is 78.1 Å². The molecular formula is C26H32FN7. The quantitative estimate of drug-likeness (QED) is 0.617. The second kappa shape index (κ2) is 10.0. The molecule has 5 rings (SSSR count). The summed E-state index contributed by atoms with van der Waals surface area (Å²) in [6, 6.07) is 12.5. The standard InChI is InChI=1S/C26H32FN7/c1-32-11-13-34(14-12-32)25-9-8-19(17-28-25)23-16-24(29-22-7-3-6-21(27)15-22)31-26(30-23)20-5-4-10-33(2)18-20/h3,6-9,15-17,20H,4-5,10-14,18H2,1-2H3,(H,29,30,31). The summed E-state index contributed by atoms with van der Waals surface area (Å²) >= 11 is 0. The number of aromatic nitrogens is 3. The van der Waals surface area contributed by atoms with E-state index in [0.29, 0.717) is 11.5 Å². The van der Waals surface area contributed by atoms with Crippen molar-refractivity contribution in [2.24, 2.45) is 0 Å². The first-order chi connectivity index (χ1) is 16.5. The number of pyridine rings is 1. The van der Waals surface area contributed by atoms with Crippen molar-refractivity contribution in [3.63, 3.8) is 0 Å². The fourth-order valence-corrected chi connectivity index (χ4v) is 4.71. The molecule has 1 N–H and O–H groups in total. The predicted octanol–water partition coefficient (Wildman–Crippen LogP) is 3.98. The van der Waals surface area contributed by atoms with Gasteiger partial charge in [-0.3, -0.25) is 0 Å². The lowest BCUT2D eigenvalue weighted by molar-refractivity contribution is 0.246. The van der Waals surface area contributed by atoms with Crippen LogP contribution in [0.2, 0.25) is 0 Å². The van der Waals surface area contributed by atoms with Gasteiger partial charge >= 0.3 is 0 Å². The summed E-state index contributed by atoms with van der Waals surface area (Å²) in [5.74, 6) is 2.48. The molecular weight excluding hydrogens is 429 g/mol. The SMILES string of the molecule is CN1CCN(c2ccc(-c3cc(Nc4cccc(F)c4)nc(C4CCCN(C)C4)n3)cn2)CC1. The van der Waals surface area contributed by atoms with E-state index in [1.165, 1.54) is 12.1 Å². The van der Waals surface area contributed by atoms with Crippen LogP contribution < -0.4 is 10.2 Å². The van der Waals surface area contributed by atoms with Gasteiger partial charge in [-0.25, -0.2) is 19.3 Å². The molecule has 0 aliphatic carbocycles. The molecule has 2 aromatic heterocycles. The molecule has 0 bridgehead atoms. The second-order valence-corrected chi connectivity index (χ2v) is 9.43. The highest BCUT2D eigenvalue weighted by Gasteiger charge is 2.23. The zero-order chi connectivity index (χ0) is 23.5. The Morgan fingerprint density at radius 3 is 2.53 bits per heavy atom.